The number of fused-ring (bicyclic) bond motifs is 1. The Morgan fingerprint density at radius 1 is 1.14 bits per heavy atom. The minimum absolute atomic E-state index is 0.0409. The van der Waals surface area contributed by atoms with Crippen LogP contribution in [0.5, 0.6) is 0 Å². The summed E-state index contributed by atoms with van der Waals surface area (Å²) in [6.45, 7) is 0.954. The molecule has 9 nitrogen and oxygen atoms in total. The lowest BCUT2D eigenvalue weighted by Gasteiger charge is -2.26. The number of rotatable bonds is 3. The molecule has 3 aromatic rings. The molecule has 1 aliphatic heterocycles. The summed E-state index contributed by atoms with van der Waals surface area (Å²) in [4.78, 5) is 56.7. The van der Waals surface area contributed by atoms with E-state index < -0.39 is 11.2 Å². The number of amides is 2. The fourth-order valence-corrected chi connectivity index (χ4v) is 3.19. The number of pyridine rings is 1. The van der Waals surface area contributed by atoms with Gasteiger partial charge in [-0.05, 0) is 11.6 Å². The first kappa shape index (κ1) is 17.7. The third-order valence-electron chi connectivity index (χ3n) is 4.59. The number of H-pyrrole nitrogens is 1. The second-order valence-electron chi connectivity index (χ2n) is 6.50. The van der Waals surface area contributed by atoms with E-state index in [9.17, 15) is 19.2 Å². The molecule has 4 rings (SSSR count). The maximum atomic E-state index is 12.7. The van der Waals surface area contributed by atoms with Crippen molar-refractivity contribution in [2.45, 2.75) is 6.54 Å². The lowest BCUT2D eigenvalue weighted by atomic mass is 10.2. The van der Waals surface area contributed by atoms with Gasteiger partial charge in [-0.15, -0.1) is 0 Å². The van der Waals surface area contributed by atoms with Gasteiger partial charge in [-0.2, -0.15) is 0 Å². The molecule has 0 bridgehead atoms. The topological polar surface area (TPSA) is 117 Å². The van der Waals surface area contributed by atoms with Gasteiger partial charge in [0.1, 0.15) is 5.65 Å². The van der Waals surface area contributed by atoms with Crippen molar-refractivity contribution >= 4 is 22.8 Å². The molecule has 28 heavy (non-hydrogen) atoms. The number of nitrogens with zero attached hydrogens (tertiary/aromatic N) is 3. The molecule has 142 valence electrons. The zero-order chi connectivity index (χ0) is 19.7. The summed E-state index contributed by atoms with van der Waals surface area (Å²) in [5.41, 5.74) is 0.0888. The Kier molecular flexibility index (Phi) is 4.48. The monoisotopic (exact) mass is 379 g/mol. The fourth-order valence-electron chi connectivity index (χ4n) is 3.19. The first-order valence-corrected chi connectivity index (χ1v) is 8.76. The maximum absolute atomic E-state index is 12.7. The average molecular weight is 379 g/mol. The zero-order valence-electron chi connectivity index (χ0n) is 14.8. The van der Waals surface area contributed by atoms with Crippen LogP contribution >= 0.6 is 0 Å². The Morgan fingerprint density at radius 3 is 2.68 bits per heavy atom. The van der Waals surface area contributed by atoms with E-state index in [0.717, 1.165) is 5.56 Å². The predicted molar refractivity (Wildman–Crippen MR) is 101 cm³/mol. The SMILES string of the molecule is O=C1CN(C(=O)c2cnc3c(c2)c(=O)[nH]c(=O)n3Cc2ccccc2)CCN1. The normalized spacial score (nSPS) is 14.1. The molecule has 0 saturated carbocycles. The van der Waals surface area contributed by atoms with E-state index in [0.29, 0.717) is 13.1 Å². The van der Waals surface area contributed by atoms with Crippen LogP contribution in [-0.2, 0) is 11.3 Å². The summed E-state index contributed by atoms with van der Waals surface area (Å²) in [6.07, 6.45) is 1.33. The molecular weight excluding hydrogens is 362 g/mol. The van der Waals surface area contributed by atoms with Crippen molar-refractivity contribution in [3.8, 4) is 0 Å². The molecule has 0 radical (unpaired) electrons. The molecule has 1 aliphatic rings. The lowest BCUT2D eigenvalue weighted by molar-refractivity contribution is -0.123. The second kappa shape index (κ2) is 7.10. The van der Waals surface area contributed by atoms with Crippen LogP contribution in [0, 0.1) is 0 Å². The van der Waals surface area contributed by atoms with Gasteiger partial charge >= 0.3 is 5.69 Å². The van der Waals surface area contributed by atoms with E-state index in [1.165, 1.54) is 21.7 Å². The highest BCUT2D eigenvalue weighted by molar-refractivity contribution is 5.98. The highest BCUT2D eigenvalue weighted by Crippen LogP contribution is 2.12. The van der Waals surface area contributed by atoms with Crippen LogP contribution in [-0.4, -0.2) is 50.9 Å². The van der Waals surface area contributed by atoms with Crippen molar-refractivity contribution in [2.24, 2.45) is 0 Å². The molecule has 0 spiro atoms. The number of hydrogen-bond acceptors (Lipinski definition) is 5. The summed E-state index contributed by atoms with van der Waals surface area (Å²) in [5, 5.41) is 2.79. The van der Waals surface area contributed by atoms with E-state index in [4.69, 9.17) is 0 Å². The largest absolute Gasteiger partial charge is 0.353 e. The minimum atomic E-state index is -0.608. The third-order valence-corrected chi connectivity index (χ3v) is 4.59. The number of carbonyl (C=O) groups is 2. The Bertz CT molecular complexity index is 1180. The van der Waals surface area contributed by atoms with Gasteiger partial charge in [-0.25, -0.2) is 9.78 Å². The number of hydrogen-bond donors (Lipinski definition) is 2. The van der Waals surface area contributed by atoms with Gasteiger partial charge in [0, 0.05) is 19.3 Å². The van der Waals surface area contributed by atoms with Crippen LogP contribution in [0.1, 0.15) is 15.9 Å². The molecule has 0 aliphatic carbocycles. The number of benzene rings is 1. The van der Waals surface area contributed by atoms with E-state index in [2.05, 4.69) is 15.3 Å². The van der Waals surface area contributed by atoms with Gasteiger partial charge in [-0.1, -0.05) is 30.3 Å². The van der Waals surface area contributed by atoms with E-state index in [1.54, 1.807) is 0 Å². The fraction of sp³-hybridized carbons (Fsp3) is 0.211. The first-order chi connectivity index (χ1) is 13.5. The number of aromatic amines is 1. The molecule has 3 heterocycles. The number of aromatic nitrogens is 3. The van der Waals surface area contributed by atoms with Crippen LogP contribution < -0.4 is 16.6 Å². The van der Waals surface area contributed by atoms with Crippen molar-refractivity contribution in [1.29, 1.82) is 0 Å². The molecule has 0 unspecified atom stereocenters. The minimum Gasteiger partial charge on any atom is -0.353 e. The van der Waals surface area contributed by atoms with Gasteiger partial charge in [0.15, 0.2) is 0 Å². The predicted octanol–water partition coefficient (Wildman–Crippen LogP) is -0.295. The molecule has 2 aromatic heterocycles. The molecular formula is C19H17N5O4. The standard InChI is InChI=1S/C19H17N5O4/c25-15-11-23(7-6-20-15)18(27)13-8-14-16(21-9-13)24(19(28)22-17(14)26)10-12-4-2-1-3-5-12/h1-5,8-9H,6-7,10-11H2,(H,20,25)(H,22,26,28). The van der Waals surface area contributed by atoms with Crippen LogP contribution in [0.15, 0.2) is 52.2 Å². The summed E-state index contributed by atoms with van der Waals surface area (Å²) in [7, 11) is 0. The molecule has 0 atom stereocenters. The van der Waals surface area contributed by atoms with Crippen molar-refractivity contribution in [2.75, 3.05) is 19.6 Å². The van der Waals surface area contributed by atoms with Gasteiger partial charge in [0.25, 0.3) is 11.5 Å². The average Bonchev–Trinajstić information content (AvgIpc) is 2.71. The number of piperazine rings is 1. The number of carbonyl (C=O) groups excluding carboxylic acids is 2. The quantitative estimate of drug-likeness (QED) is 0.648. The Hall–Kier alpha value is -3.75. The van der Waals surface area contributed by atoms with Crippen LogP contribution in [0.3, 0.4) is 0 Å². The van der Waals surface area contributed by atoms with E-state index in [1.807, 2.05) is 30.3 Å². The number of nitrogens with one attached hydrogen (secondary N) is 2. The van der Waals surface area contributed by atoms with Crippen molar-refractivity contribution < 1.29 is 9.59 Å². The highest BCUT2D eigenvalue weighted by atomic mass is 16.2. The highest BCUT2D eigenvalue weighted by Gasteiger charge is 2.23. The van der Waals surface area contributed by atoms with Gasteiger partial charge in [0.2, 0.25) is 5.91 Å². The first-order valence-electron chi connectivity index (χ1n) is 8.76. The molecule has 2 amide bonds. The van der Waals surface area contributed by atoms with Crippen LogP contribution in [0.25, 0.3) is 11.0 Å². The summed E-state index contributed by atoms with van der Waals surface area (Å²) in [6, 6.07) is 10.7. The van der Waals surface area contributed by atoms with Crippen molar-refractivity contribution in [1.82, 2.24) is 24.8 Å². The summed E-state index contributed by atoms with van der Waals surface area (Å²) < 4.78 is 1.36. The molecule has 1 fully saturated rings. The third kappa shape index (κ3) is 3.29. The molecule has 1 aromatic carbocycles. The van der Waals surface area contributed by atoms with Gasteiger partial charge in [0.05, 0.1) is 24.0 Å². The lowest BCUT2D eigenvalue weighted by Crippen LogP contribution is -2.50. The Labute approximate surface area is 158 Å². The molecule has 1 saturated heterocycles. The zero-order valence-corrected chi connectivity index (χ0v) is 14.8. The molecule has 2 N–H and O–H groups in total. The van der Waals surface area contributed by atoms with Crippen molar-refractivity contribution in [3.63, 3.8) is 0 Å². The maximum Gasteiger partial charge on any atom is 0.330 e. The van der Waals surface area contributed by atoms with Crippen LogP contribution in [0.4, 0.5) is 0 Å². The Balaban J connectivity index is 1.76. The smallest absolute Gasteiger partial charge is 0.330 e. The Morgan fingerprint density at radius 2 is 1.93 bits per heavy atom. The molecule has 9 heteroatoms. The summed E-state index contributed by atoms with van der Waals surface area (Å²) >= 11 is 0. The van der Waals surface area contributed by atoms with Crippen molar-refractivity contribution in [3.05, 3.63) is 74.6 Å². The van der Waals surface area contributed by atoms with Crippen LogP contribution in [0.2, 0.25) is 0 Å². The van der Waals surface area contributed by atoms with E-state index in [-0.39, 0.29) is 41.5 Å². The van der Waals surface area contributed by atoms with Gasteiger partial charge in [-0.3, -0.25) is 23.9 Å². The van der Waals surface area contributed by atoms with Gasteiger partial charge < -0.3 is 10.2 Å². The summed E-state index contributed by atoms with van der Waals surface area (Å²) in [5.74, 6) is -0.618. The second-order valence-corrected chi connectivity index (χ2v) is 6.50. The van der Waals surface area contributed by atoms with E-state index >= 15 is 0 Å².